The first-order chi connectivity index (χ1) is 10.3. The van der Waals surface area contributed by atoms with E-state index in [9.17, 15) is 4.39 Å². The molecule has 0 radical (unpaired) electrons. The van der Waals surface area contributed by atoms with Crippen molar-refractivity contribution in [2.45, 2.75) is 44.5 Å². The van der Waals surface area contributed by atoms with Crippen molar-refractivity contribution < 1.29 is 9.13 Å². The number of hydrogen-bond acceptors (Lipinski definition) is 4. The predicted molar refractivity (Wildman–Crippen MR) is 74.4 cm³/mol. The number of ether oxygens (including phenoxy) is 1. The monoisotopic (exact) mass is 288 g/mol. The van der Waals surface area contributed by atoms with Crippen LogP contribution in [0.1, 0.15) is 24.2 Å². The van der Waals surface area contributed by atoms with Crippen LogP contribution in [-0.2, 0) is 19.5 Å². The first-order valence-corrected chi connectivity index (χ1v) is 7.33. The second-order valence-corrected chi connectivity index (χ2v) is 5.73. The zero-order valence-corrected chi connectivity index (χ0v) is 11.6. The van der Waals surface area contributed by atoms with Gasteiger partial charge in [0.1, 0.15) is 24.0 Å². The molecule has 1 unspecified atom stereocenters. The van der Waals surface area contributed by atoms with Crippen molar-refractivity contribution in [3.63, 3.8) is 0 Å². The van der Waals surface area contributed by atoms with Crippen LogP contribution in [0.25, 0.3) is 0 Å². The van der Waals surface area contributed by atoms with E-state index < -0.39 is 0 Å². The summed E-state index contributed by atoms with van der Waals surface area (Å²) in [6, 6.07) is 5.32. The molecule has 2 heterocycles. The number of rotatable bonds is 5. The minimum Gasteiger partial charge on any atom is -0.488 e. The molecule has 2 aliphatic rings. The maximum absolute atomic E-state index is 13.2. The number of fused-ring (bicyclic) bond motifs is 1. The van der Waals surface area contributed by atoms with Crippen LogP contribution in [0.5, 0.6) is 5.75 Å². The lowest BCUT2D eigenvalue weighted by molar-refractivity contribution is 0.203. The molecule has 0 amide bonds. The summed E-state index contributed by atoms with van der Waals surface area (Å²) in [5.74, 6) is 1.37. The normalized spacial score (nSPS) is 20.3. The van der Waals surface area contributed by atoms with Crippen LogP contribution in [0.15, 0.2) is 24.5 Å². The number of benzene rings is 1. The highest BCUT2D eigenvalue weighted by molar-refractivity contribution is 5.37. The van der Waals surface area contributed by atoms with Gasteiger partial charge in [-0.15, -0.1) is 0 Å². The van der Waals surface area contributed by atoms with E-state index in [-0.39, 0.29) is 11.9 Å². The Hall–Kier alpha value is -1.95. The molecule has 4 rings (SSSR count). The third-order valence-electron chi connectivity index (χ3n) is 3.86. The fourth-order valence-electron chi connectivity index (χ4n) is 2.62. The molecule has 1 saturated carbocycles. The molecule has 1 aromatic carbocycles. The van der Waals surface area contributed by atoms with Crippen molar-refractivity contribution in [1.29, 1.82) is 0 Å². The van der Waals surface area contributed by atoms with E-state index in [1.165, 1.54) is 18.9 Å². The Morgan fingerprint density at radius 1 is 1.38 bits per heavy atom. The summed E-state index contributed by atoms with van der Waals surface area (Å²) in [7, 11) is 0. The zero-order valence-electron chi connectivity index (χ0n) is 11.6. The van der Waals surface area contributed by atoms with Gasteiger partial charge in [0.05, 0.1) is 13.1 Å². The molecule has 110 valence electrons. The standard InChI is InChI=1S/C15H17FN4O/c16-11-1-4-14-10(5-11)6-13(21-14)8-20-9-18-15(19-20)7-17-12-2-3-12/h1,4-5,9,12-13,17H,2-3,6-8H2. The minimum absolute atomic E-state index is 0.00672. The van der Waals surface area contributed by atoms with Crippen LogP contribution in [0, 0.1) is 5.82 Å². The SMILES string of the molecule is Fc1ccc2c(c1)CC(Cn1cnc(CNC3CC3)n1)O2. The molecule has 1 aliphatic carbocycles. The molecule has 1 aromatic heterocycles. The second kappa shape index (κ2) is 5.11. The van der Waals surface area contributed by atoms with Gasteiger partial charge in [0.2, 0.25) is 0 Å². The summed E-state index contributed by atoms with van der Waals surface area (Å²) < 4.78 is 20.8. The molecule has 0 saturated heterocycles. The quantitative estimate of drug-likeness (QED) is 0.909. The Balaban J connectivity index is 1.36. The van der Waals surface area contributed by atoms with Crippen molar-refractivity contribution in [3.8, 4) is 5.75 Å². The van der Waals surface area contributed by atoms with Crippen molar-refractivity contribution in [2.75, 3.05) is 0 Å². The lowest BCUT2D eigenvalue weighted by atomic mass is 10.1. The topological polar surface area (TPSA) is 52.0 Å². The van der Waals surface area contributed by atoms with Crippen LogP contribution in [0.3, 0.4) is 0 Å². The molecule has 1 aliphatic heterocycles. The third-order valence-corrected chi connectivity index (χ3v) is 3.86. The van der Waals surface area contributed by atoms with Crippen molar-refractivity contribution >= 4 is 0 Å². The molecule has 6 heteroatoms. The average Bonchev–Trinajstić information content (AvgIpc) is 3.05. The lowest BCUT2D eigenvalue weighted by Crippen LogP contribution is -2.21. The maximum Gasteiger partial charge on any atom is 0.164 e. The Kier molecular flexibility index (Phi) is 3.11. The van der Waals surface area contributed by atoms with E-state index in [4.69, 9.17) is 4.74 Å². The van der Waals surface area contributed by atoms with Crippen molar-refractivity contribution in [1.82, 2.24) is 20.1 Å². The second-order valence-electron chi connectivity index (χ2n) is 5.73. The Morgan fingerprint density at radius 2 is 2.29 bits per heavy atom. The van der Waals surface area contributed by atoms with Gasteiger partial charge in [-0.2, -0.15) is 5.10 Å². The van der Waals surface area contributed by atoms with Gasteiger partial charge in [-0.05, 0) is 31.0 Å². The van der Waals surface area contributed by atoms with E-state index in [0.29, 0.717) is 25.6 Å². The van der Waals surface area contributed by atoms with Gasteiger partial charge in [0.25, 0.3) is 0 Å². The molecule has 1 N–H and O–H groups in total. The van der Waals surface area contributed by atoms with Crippen LogP contribution < -0.4 is 10.1 Å². The molecule has 2 aromatic rings. The van der Waals surface area contributed by atoms with Crippen LogP contribution in [0.2, 0.25) is 0 Å². The van der Waals surface area contributed by atoms with E-state index in [0.717, 1.165) is 17.1 Å². The van der Waals surface area contributed by atoms with E-state index in [1.807, 2.05) is 0 Å². The molecule has 1 atom stereocenters. The van der Waals surface area contributed by atoms with Crippen molar-refractivity contribution in [3.05, 3.63) is 41.7 Å². The highest BCUT2D eigenvalue weighted by Gasteiger charge is 2.24. The molecular weight excluding hydrogens is 271 g/mol. The summed E-state index contributed by atoms with van der Waals surface area (Å²) in [5, 5.41) is 7.83. The Bertz CT molecular complexity index is 653. The van der Waals surface area contributed by atoms with Gasteiger partial charge >= 0.3 is 0 Å². The fourth-order valence-corrected chi connectivity index (χ4v) is 2.62. The molecule has 21 heavy (non-hydrogen) atoms. The maximum atomic E-state index is 13.2. The number of halogens is 1. The third kappa shape index (κ3) is 2.90. The highest BCUT2D eigenvalue weighted by Crippen LogP contribution is 2.29. The van der Waals surface area contributed by atoms with Gasteiger partial charge < -0.3 is 10.1 Å². The summed E-state index contributed by atoms with van der Waals surface area (Å²) in [4.78, 5) is 4.30. The van der Waals surface area contributed by atoms with Gasteiger partial charge in [-0.25, -0.2) is 14.1 Å². The Labute approximate surface area is 122 Å². The van der Waals surface area contributed by atoms with Gasteiger partial charge in [0, 0.05) is 18.0 Å². The summed E-state index contributed by atoms with van der Waals surface area (Å²) in [6.45, 7) is 1.35. The molecular formula is C15H17FN4O. The van der Waals surface area contributed by atoms with Crippen LogP contribution in [-0.4, -0.2) is 26.9 Å². The van der Waals surface area contributed by atoms with Crippen molar-refractivity contribution in [2.24, 2.45) is 0 Å². The smallest absolute Gasteiger partial charge is 0.164 e. The highest BCUT2D eigenvalue weighted by atomic mass is 19.1. The summed E-state index contributed by atoms with van der Waals surface area (Å²) in [6.07, 6.45) is 4.95. The summed E-state index contributed by atoms with van der Waals surface area (Å²) >= 11 is 0. The molecule has 0 spiro atoms. The summed E-state index contributed by atoms with van der Waals surface area (Å²) in [5.41, 5.74) is 0.927. The number of hydrogen-bond donors (Lipinski definition) is 1. The predicted octanol–water partition coefficient (Wildman–Crippen LogP) is 1.67. The minimum atomic E-state index is -0.216. The van der Waals surface area contributed by atoms with E-state index in [2.05, 4.69) is 15.4 Å². The molecule has 5 nitrogen and oxygen atoms in total. The first-order valence-electron chi connectivity index (χ1n) is 7.33. The lowest BCUT2D eigenvalue weighted by Gasteiger charge is -2.09. The van der Waals surface area contributed by atoms with Gasteiger partial charge in [-0.1, -0.05) is 0 Å². The first kappa shape index (κ1) is 12.8. The molecule has 0 bridgehead atoms. The van der Waals surface area contributed by atoms with Gasteiger partial charge in [-0.3, -0.25) is 0 Å². The zero-order chi connectivity index (χ0) is 14.2. The number of aromatic nitrogens is 3. The number of nitrogens with one attached hydrogen (secondary N) is 1. The largest absolute Gasteiger partial charge is 0.488 e. The molecule has 1 fully saturated rings. The average molecular weight is 288 g/mol. The van der Waals surface area contributed by atoms with E-state index in [1.54, 1.807) is 23.1 Å². The van der Waals surface area contributed by atoms with Crippen LogP contribution in [0.4, 0.5) is 4.39 Å². The number of nitrogens with zero attached hydrogens (tertiary/aromatic N) is 3. The van der Waals surface area contributed by atoms with Gasteiger partial charge in [0.15, 0.2) is 5.82 Å². The van der Waals surface area contributed by atoms with E-state index >= 15 is 0 Å². The fraction of sp³-hybridized carbons (Fsp3) is 0.467. The Morgan fingerprint density at radius 3 is 3.14 bits per heavy atom. The van der Waals surface area contributed by atoms with Crippen LogP contribution >= 0.6 is 0 Å².